The second-order valence-corrected chi connectivity index (χ2v) is 8.11. The molecule has 0 radical (unpaired) electrons. The van der Waals surface area contributed by atoms with Crippen molar-refractivity contribution in [3.8, 4) is 0 Å². The summed E-state index contributed by atoms with van der Waals surface area (Å²) in [5, 5.41) is 4.04. The Labute approximate surface area is 132 Å². The molecular weight excluding hydrogens is 256 g/mol. The third-order valence-electron chi connectivity index (χ3n) is 6.58. The molecule has 3 fully saturated rings. The molecule has 0 aromatic carbocycles. The number of nitrogens with zero attached hydrogens (tertiary/aromatic N) is 1. The lowest BCUT2D eigenvalue weighted by molar-refractivity contribution is -0.0186. The Morgan fingerprint density at radius 1 is 0.857 bits per heavy atom. The van der Waals surface area contributed by atoms with Crippen LogP contribution in [-0.2, 0) is 0 Å². The largest absolute Gasteiger partial charge is 0.308 e. The highest BCUT2D eigenvalue weighted by Gasteiger charge is 2.48. The van der Waals surface area contributed by atoms with Crippen molar-refractivity contribution in [3.63, 3.8) is 0 Å². The minimum Gasteiger partial charge on any atom is -0.308 e. The number of rotatable bonds is 5. The van der Waals surface area contributed by atoms with Crippen molar-refractivity contribution in [2.24, 2.45) is 0 Å². The lowest BCUT2D eigenvalue weighted by Crippen LogP contribution is -2.69. The van der Waals surface area contributed by atoms with E-state index in [4.69, 9.17) is 0 Å². The summed E-state index contributed by atoms with van der Waals surface area (Å²) in [6.07, 6.45) is 18.7. The molecule has 2 heteroatoms. The van der Waals surface area contributed by atoms with E-state index in [-0.39, 0.29) is 0 Å². The van der Waals surface area contributed by atoms with Gasteiger partial charge in [0, 0.05) is 24.2 Å². The highest BCUT2D eigenvalue weighted by molar-refractivity contribution is 5.07. The average Bonchev–Trinajstić information content (AvgIpc) is 2.97. The Morgan fingerprint density at radius 3 is 2.29 bits per heavy atom. The van der Waals surface area contributed by atoms with E-state index >= 15 is 0 Å². The maximum Gasteiger partial charge on any atom is 0.0334 e. The van der Waals surface area contributed by atoms with Crippen LogP contribution in [0.3, 0.4) is 0 Å². The van der Waals surface area contributed by atoms with Crippen molar-refractivity contribution >= 4 is 0 Å². The fourth-order valence-electron chi connectivity index (χ4n) is 5.19. The summed E-state index contributed by atoms with van der Waals surface area (Å²) in [5.74, 6) is 0. The first kappa shape index (κ1) is 15.8. The summed E-state index contributed by atoms with van der Waals surface area (Å²) in [4.78, 5) is 2.96. The van der Waals surface area contributed by atoms with Gasteiger partial charge in [-0.15, -0.1) is 0 Å². The van der Waals surface area contributed by atoms with Crippen LogP contribution in [0.25, 0.3) is 0 Å². The molecule has 0 atom stereocenters. The zero-order valence-corrected chi connectivity index (χ0v) is 14.3. The van der Waals surface area contributed by atoms with Crippen LogP contribution in [0.1, 0.15) is 90.4 Å². The van der Waals surface area contributed by atoms with Gasteiger partial charge in [-0.3, -0.25) is 4.90 Å². The molecule has 2 aliphatic carbocycles. The van der Waals surface area contributed by atoms with E-state index in [1.165, 1.54) is 103 Å². The molecule has 1 heterocycles. The van der Waals surface area contributed by atoms with Gasteiger partial charge in [0.25, 0.3) is 0 Å². The van der Waals surface area contributed by atoms with Crippen molar-refractivity contribution in [1.29, 1.82) is 0 Å². The monoisotopic (exact) mass is 292 g/mol. The number of unbranched alkanes of at least 4 members (excludes halogenated alkanes) is 3. The smallest absolute Gasteiger partial charge is 0.0334 e. The predicted octanol–water partition coefficient (Wildman–Crippen LogP) is 4.49. The van der Waals surface area contributed by atoms with Crippen molar-refractivity contribution in [1.82, 2.24) is 10.2 Å². The van der Waals surface area contributed by atoms with Gasteiger partial charge in [-0.2, -0.15) is 0 Å². The topological polar surface area (TPSA) is 15.3 Å². The number of piperazine rings is 1. The molecule has 3 rings (SSSR count). The SMILES string of the molecule is CCCCCCN1CC2(CCCC2)NCC12CCCCC2. The molecule has 0 amide bonds. The Bertz CT molecular complexity index is 314. The van der Waals surface area contributed by atoms with Gasteiger partial charge in [-0.25, -0.2) is 0 Å². The maximum atomic E-state index is 4.04. The molecule has 3 aliphatic rings. The molecule has 0 aromatic rings. The molecule has 1 aliphatic heterocycles. The second-order valence-electron chi connectivity index (χ2n) is 8.11. The molecule has 0 bridgehead atoms. The van der Waals surface area contributed by atoms with E-state index in [0.29, 0.717) is 11.1 Å². The minimum atomic E-state index is 0.494. The maximum absolute atomic E-state index is 4.04. The van der Waals surface area contributed by atoms with E-state index in [0.717, 1.165) is 0 Å². The van der Waals surface area contributed by atoms with Crippen molar-refractivity contribution in [2.45, 2.75) is 101 Å². The second kappa shape index (κ2) is 7.00. The van der Waals surface area contributed by atoms with E-state index in [1.807, 2.05) is 0 Å². The van der Waals surface area contributed by atoms with Crippen molar-refractivity contribution < 1.29 is 0 Å². The van der Waals surface area contributed by atoms with E-state index in [1.54, 1.807) is 0 Å². The summed E-state index contributed by atoms with van der Waals surface area (Å²) in [5.41, 5.74) is 1.02. The number of hydrogen-bond donors (Lipinski definition) is 1. The average molecular weight is 293 g/mol. The van der Waals surface area contributed by atoms with E-state index in [2.05, 4.69) is 17.1 Å². The van der Waals surface area contributed by atoms with Gasteiger partial charge in [0.2, 0.25) is 0 Å². The van der Waals surface area contributed by atoms with Crippen LogP contribution in [0.4, 0.5) is 0 Å². The summed E-state index contributed by atoms with van der Waals surface area (Å²) >= 11 is 0. The van der Waals surface area contributed by atoms with Gasteiger partial charge in [0.15, 0.2) is 0 Å². The summed E-state index contributed by atoms with van der Waals surface area (Å²) in [6, 6.07) is 0. The lowest BCUT2D eigenvalue weighted by Gasteiger charge is -2.55. The first-order valence-corrected chi connectivity index (χ1v) is 9.79. The first-order chi connectivity index (χ1) is 10.3. The van der Waals surface area contributed by atoms with Gasteiger partial charge in [0.05, 0.1) is 0 Å². The van der Waals surface area contributed by atoms with E-state index in [9.17, 15) is 0 Å². The zero-order valence-electron chi connectivity index (χ0n) is 14.3. The minimum absolute atomic E-state index is 0.494. The van der Waals surface area contributed by atoms with Crippen LogP contribution in [0.15, 0.2) is 0 Å². The van der Waals surface area contributed by atoms with Gasteiger partial charge in [-0.1, -0.05) is 58.3 Å². The highest BCUT2D eigenvalue weighted by Crippen LogP contribution is 2.41. The van der Waals surface area contributed by atoms with Gasteiger partial charge < -0.3 is 5.32 Å². The van der Waals surface area contributed by atoms with Crippen LogP contribution in [0, 0.1) is 0 Å². The molecule has 2 saturated carbocycles. The molecule has 21 heavy (non-hydrogen) atoms. The molecule has 2 spiro atoms. The fraction of sp³-hybridized carbons (Fsp3) is 1.00. The van der Waals surface area contributed by atoms with Crippen LogP contribution in [0.2, 0.25) is 0 Å². The Hall–Kier alpha value is -0.0800. The standard InChI is InChI=1S/C19H36N2/c1-2-3-4-10-15-21-17-18(11-8-9-12-18)20-16-19(21)13-6-5-7-14-19/h20H,2-17H2,1H3. The summed E-state index contributed by atoms with van der Waals surface area (Å²) < 4.78 is 0. The first-order valence-electron chi connectivity index (χ1n) is 9.79. The fourth-order valence-corrected chi connectivity index (χ4v) is 5.19. The van der Waals surface area contributed by atoms with Crippen molar-refractivity contribution in [2.75, 3.05) is 19.6 Å². The molecule has 0 aromatic heterocycles. The third-order valence-corrected chi connectivity index (χ3v) is 6.58. The van der Waals surface area contributed by atoms with Crippen LogP contribution >= 0.6 is 0 Å². The molecule has 2 nitrogen and oxygen atoms in total. The molecule has 0 unspecified atom stereocenters. The van der Waals surface area contributed by atoms with Gasteiger partial charge in [0.1, 0.15) is 0 Å². The Balaban J connectivity index is 1.64. The third kappa shape index (κ3) is 3.47. The molecule has 122 valence electrons. The molecule has 1 N–H and O–H groups in total. The van der Waals surface area contributed by atoms with Crippen LogP contribution < -0.4 is 5.32 Å². The Kier molecular flexibility index (Phi) is 5.27. The number of hydrogen-bond acceptors (Lipinski definition) is 2. The molecule has 1 saturated heterocycles. The summed E-state index contributed by atoms with van der Waals surface area (Å²) in [6.45, 7) is 6.31. The highest BCUT2D eigenvalue weighted by atomic mass is 15.3. The van der Waals surface area contributed by atoms with Gasteiger partial charge in [-0.05, 0) is 38.6 Å². The normalized spacial score (nSPS) is 28.4. The zero-order chi connectivity index (χ0) is 14.6. The lowest BCUT2D eigenvalue weighted by atomic mass is 9.76. The van der Waals surface area contributed by atoms with Crippen molar-refractivity contribution in [3.05, 3.63) is 0 Å². The molecular formula is C19H36N2. The van der Waals surface area contributed by atoms with Crippen LogP contribution in [-0.4, -0.2) is 35.6 Å². The van der Waals surface area contributed by atoms with E-state index < -0.39 is 0 Å². The summed E-state index contributed by atoms with van der Waals surface area (Å²) in [7, 11) is 0. The van der Waals surface area contributed by atoms with Gasteiger partial charge >= 0.3 is 0 Å². The van der Waals surface area contributed by atoms with Crippen LogP contribution in [0.5, 0.6) is 0 Å². The predicted molar refractivity (Wildman–Crippen MR) is 90.7 cm³/mol. The quantitative estimate of drug-likeness (QED) is 0.751. The Morgan fingerprint density at radius 2 is 1.57 bits per heavy atom. The number of nitrogens with one attached hydrogen (secondary N) is 1.